The van der Waals surface area contributed by atoms with Gasteiger partial charge >= 0.3 is 0 Å². The lowest BCUT2D eigenvalue weighted by molar-refractivity contribution is -0.134. The SMILES string of the molecule is CN1CCN(CC2CC2)CC1=O. The van der Waals surface area contributed by atoms with Gasteiger partial charge in [0.1, 0.15) is 0 Å². The number of amides is 1. The van der Waals surface area contributed by atoms with E-state index in [1.807, 2.05) is 11.9 Å². The Kier molecular flexibility index (Phi) is 2.05. The molecular weight excluding hydrogens is 152 g/mol. The molecule has 0 spiro atoms. The molecule has 2 aliphatic rings. The topological polar surface area (TPSA) is 23.6 Å². The van der Waals surface area contributed by atoms with Gasteiger partial charge in [0.2, 0.25) is 5.91 Å². The minimum atomic E-state index is 0.280. The number of hydrogen-bond acceptors (Lipinski definition) is 2. The van der Waals surface area contributed by atoms with Crippen LogP contribution in [-0.2, 0) is 4.79 Å². The van der Waals surface area contributed by atoms with Gasteiger partial charge in [-0.1, -0.05) is 0 Å². The molecule has 68 valence electrons. The summed E-state index contributed by atoms with van der Waals surface area (Å²) in [5.74, 6) is 1.18. The highest BCUT2D eigenvalue weighted by molar-refractivity contribution is 5.78. The van der Waals surface area contributed by atoms with Crippen molar-refractivity contribution in [1.82, 2.24) is 9.80 Å². The molecular formula is C9H16N2O. The van der Waals surface area contributed by atoms with Crippen LogP contribution in [0, 0.1) is 5.92 Å². The molecule has 0 aromatic carbocycles. The second-order valence-corrected chi connectivity index (χ2v) is 3.99. The Morgan fingerprint density at radius 3 is 2.75 bits per heavy atom. The molecule has 1 aliphatic heterocycles. The molecule has 12 heavy (non-hydrogen) atoms. The van der Waals surface area contributed by atoms with Gasteiger partial charge in [0, 0.05) is 26.7 Å². The first-order valence-corrected chi connectivity index (χ1v) is 4.72. The second kappa shape index (κ2) is 3.05. The molecule has 0 aromatic rings. The van der Waals surface area contributed by atoms with Gasteiger partial charge in [0.25, 0.3) is 0 Å². The fourth-order valence-corrected chi connectivity index (χ4v) is 1.63. The van der Waals surface area contributed by atoms with E-state index in [0.29, 0.717) is 6.54 Å². The van der Waals surface area contributed by atoms with Crippen LogP contribution in [0.15, 0.2) is 0 Å². The Morgan fingerprint density at radius 2 is 2.17 bits per heavy atom. The van der Waals surface area contributed by atoms with E-state index in [-0.39, 0.29) is 5.91 Å². The quantitative estimate of drug-likeness (QED) is 0.587. The Labute approximate surface area is 73.3 Å². The molecule has 0 atom stereocenters. The van der Waals surface area contributed by atoms with Crippen LogP contribution in [0.5, 0.6) is 0 Å². The van der Waals surface area contributed by atoms with Crippen molar-refractivity contribution < 1.29 is 4.79 Å². The third-order valence-corrected chi connectivity index (χ3v) is 2.75. The minimum Gasteiger partial charge on any atom is -0.343 e. The van der Waals surface area contributed by atoms with Gasteiger partial charge in [-0.3, -0.25) is 9.69 Å². The molecule has 0 N–H and O–H groups in total. The smallest absolute Gasteiger partial charge is 0.236 e. The summed E-state index contributed by atoms with van der Waals surface area (Å²) in [7, 11) is 1.89. The zero-order valence-corrected chi connectivity index (χ0v) is 7.62. The van der Waals surface area contributed by atoms with Gasteiger partial charge in [-0.2, -0.15) is 0 Å². The van der Waals surface area contributed by atoms with Gasteiger partial charge in [-0.15, -0.1) is 0 Å². The number of rotatable bonds is 2. The molecule has 1 aliphatic carbocycles. The number of nitrogens with zero attached hydrogens (tertiary/aromatic N) is 2. The number of hydrogen-bond donors (Lipinski definition) is 0. The summed E-state index contributed by atoms with van der Waals surface area (Å²) in [4.78, 5) is 15.4. The summed E-state index contributed by atoms with van der Waals surface area (Å²) in [5.41, 5.74) is 0. The van der Waals surface area contributed by atoms with E-state index in [2.05, 4.69) is 4.90 Å². The Balaban J connectivity index is 1.80. The molecule has 3 nitrogen and oxygen atoms in total. The lowest BCUT2D eigenvalue weighted by atomic mass is 10.3. The summed E-state index contributed by atoms with van der Waals surface area (Å²) < 4.78 is 0. The van der Waals surface area contributed by atoms with Gasteiger partial charge in [0.05, 0.1) is 6.54 Å². The fraction of sp³-hybridized carbons (Fsp3) is 0.889. The van der Waals surface area contributed by atoms with Crippen LogP contribution in [0.2, 0.25) is 0 Å². The predicted octanol–water partition coefficient (Wildman–Crippen LogP) is 0.170. The fourth-order valence-electron chi connectivity index (χ4n) is 1.63. The lowest BCUT2D eigenvalue weighted by Crippen LogP contribution is -2.48. The molecule has 0 bridgehead atoms. The van der Waals surface area contributed by atoms with Crippen LogP contribution < -0.4 is 0 Å². The van der Waals surface area contributed by atoms with Crippen molar-refractivity contribution in [2.75, 3.05) is 33.2 Å². The van der Waals surface area contributed by atoms with Crippen molar-refractivity contribution in [2.24, 2.45) is 5.92 Å². The molecule has 3 heteroatoms. The van der Waals surface area contributed by atoms with Crippen LogP contribution in [0.3, 0.4) is 0 Å². The first-order chi connectivity index (χ1) is 5.75. The molecule has 2 rings (SSSR count). The summed E-state index contributed by atoms with van der Waals surface area (Å²) >= 11 is 0. The molecule has 0 unspecified atom stereocenters. The molecule has 1 saturated carbocycles. The third-order valence-electron chi connectivity index (χ3n) is 2.75. The average Bonchev–Trinajstić information content (AvgIpc) is 2.81. The van der Waals surface area contributed by atoms with E-state index in [0.717, 1.165) is 25.6 Å². The standard InChI is InChI=1S/C9H16N2O/c1-10-4-5-11(7-9(10)12)6-8-2-3-8/h8H,2-7H2,1H3. The largest absolute Gasteiger partial charge is 0.343 e. The van der Waals surface area contributed by atoms with E-state index in [9.17, 15) is 4.79 Å². The third kappa shape index (κ3) is 1.78. The van der Waals surface area contributed by atoms with Crippen LogP contribution in [0.25, 0.3) is 0 Å². The Morgan fingerprint density at radius 1 is 1.42 bits per heavy atom. The van der Waals surface area contributed by atoms with Crippen LogP contribution in [0.1, 0.15) is 12.8 Å². The monoisotopic (exact) mass is 168 g/mol. The van der Waals surface area contributed by atoms with Crippen molar-refractivity contribution in [3.63, 3.8) is 0 Å². The van der Waals surface area contributed by atoms with Crippen LogP contribution >= 0.6 is 0 Å². The number of likely N-dealkylation sites (N-methyl/N-ethyl adjacent to an activating group) is 1. The average molecular weight is 168 g/mol. The molecule has 1 amide bonds. The molecule has 0 radical (unpaired) electrons. The summed E-state index contributed by atoms with van der Waals surface area (Å²) in [6.45, 7) is 3.77. The lowest BCUT2D eigenvalue weighted by Gasteiger charge is -2.31. The minimum absolute atomic E-state index is 0.280. The first kappa shape index (κ1) is 8.05. The number of carbonyl (C=O) groups is 1. The van der Waals surface area contributed by atoms with Crippen molar-refractivity contribution >= 4 is 5.91 Å². The predicted molar refractivity (Wildman–Crippen MR) is 46.8 cm³/mol. The van der Waals surface area contributed by atoms with E-state index < -0.39 is 0 Å². The molecule has 2 fully saturated rings. The summed E-state index contributed by atoms with van der Waals surface area (Å²) in [5, 5.41) is 0. The molecule has 1 heterocycles. The second-order valence-electron chi connectivity index (χ2n) is 3.99. The molecule has 0 aromatic heterocycles. The van der Waals surface area contributed by atoms with Crippen LogP contribution in [-0.4, -0.2) is 48.9 Å². The van der Waals surface area contributed by atoms with Gasteiger partial charge in [-0.25, -0.2) is 0 Å². The van der Waals surface area contributed by atoms with E-state index in [1.165, 1.54) is 12.8 Å². The van der Waals surface area contributed by atoms with Crippen molar-refractivity contribution in [1.29, 1.82) is 0 Å². The first-order valence-electron chi connectivity index (χ1n) is 4.72. The zero-order chi connectivity index (χ0) is 8.55. The van der Waals surface area contributed by atoms with Gasteiger partial charge < -0.3 is 4.90 Å². The zero-order valence-electron chi connectivity index (χ0n) is 7.62. The van der Waals surface area contributed by atoms with Crippen molar-refractivity contribution in [3.05, 3.63) is 0 Å². The van der Waals surface area contributed by atoms with E-state index in [4.69, 9.17) is 0 Å². The maximum absolute atomic E-state index is 11.3. The van der Waals surface area contributed by atoms with Gasteiger partial charge in [-0.05, 0) is 18.8 Å². The number of piperazine rings is 1. The number of carbonyl (C=O) groups excluding carboxylic acids is 1. The van der Waals surface area contributed by atoms with E-state index >= 15 is 0 Å². The highest BCUT2D eigenvalue weighted by Gasteiger charge is 2.28. The molecule has 1 saturated heterocycles. The van der Waals surface area contributed by atoms with Crippen LogP contribution in [0.4, 0.5) is 0 Å². The normalized spacial score (nSPS) is 26.4. The van der Waals surface area contributed by atoms with E-state index in [1.54, 1.807) is 0 Å². The highest BCUT2D eigenvalue weighted by Crippen LogP contribution is 2.29. The summed E-state index contributed by atoms with van der Waals surface area (Å²) in [6.07, 6.45) is 2.75. The Hall–Kier alpha value is -0.570. The maximum Gasteiger partial charge on any atom is 0.236 e. The van der Waals surface area contributed by atoms with Gasteiger partial charge in [0.15, 0.2) is 0 Å². The Bertz CT molecular complexity index is 189. The highest BCUT2D eigenvalue weighted by atomic mass is 16.2. The maximum atomic E-state index is 11.3. The summed E-state index contributed by atoms with van der Waals surface area (Å²) in [6, 6.07) is 0. The van der Waals surface area contributed by atoms with Crippen molar-refractivity contribution in [3.8, 4) is 0 Å². The van der Waals surface area contributed by atoms with Crippen molar-refractivity contribution in [2.45, 2.75) is 12.8 Å².